The number of hydrogen-bond donors (Lipinski definition) is 1. The lowest BCUT2D eigenvalue weighted by molar-refractivity contribution is -0.129. The Morgan fingerprint density at radius 1 is 1.03 bits per heavy atom. The molecule has 3 rings (SSSR count). The highest BCUT2D eigenvalue weighted by atomic mass is 16.5. The lowest BCUT2D eigenvalue weighted by atomic mass is 10.2. The first-order chi connectivity index (χ1) is 14.0. The van der Waals surface area contributed by atoms with Crippen molar-refractivity contribution in [2.75, 3.05) is 45.3 Å². The molecule has 0 unspecified atom stereocenters. The van der Waals surface area contributed by atoms with Crippen molar-refractivity contribution in [1.82, 2.24) is 20.2 Å². The van der Waals surface area contributed by atoms with E-state index < -0.39 is 0 Å². The normalized spacial score (nSPS) is 13.8. The first kappa shape index (κ1) is 20.4. The summed E-state index contributed by atoms with van der Waals surface area (Å²) in [5.41, 5.74) is 1.27. The minimum Gasteiger partial charge on any atom is -0.493 e. The van der Waals surface area contributed by atoms with E-state index in [0.717, 1.165) is 5.56 Å². The van der Waals surface area contributed by atoms with Gasteiger partial charge in [0.25, 0.3) is 5.91 Å². The number of nitrogens with one attached hydrogen (secondary N) is 1. The minimum atomic E-state index is -0.257. The van der Waals surface area contributed by atoms with Gasteiger partial charge in [0.05, 0.1) is 19.8 Å². The summed E-state index contributed by atoms with van der Waals surface area (Å²) in [6.45, 7) is 4.54. The van der Waals surface area contributed by atoms with Gasteiger partial charge in [0, 0.05) is 52.0 Å². The molecule has 1 aromatic carbocycles. The Bertz CT molecular complexity index is 864. The Kier molecular flexibility index (Phi) is 6.48. The molecule has 0 radical (unpaired) electrons. The number of piperazine rings is 1. The number of methoxy groups -OCH3 is 2. The highest BCUT2D eigenvalue weighted by Gasteiger charge is 2.20. The van der Waals surface area contributed by atoms with Crippen LogP contribution in [0.5, 0.6) is 11.5 Å². The third-order valence-electron chi connectivity index (χ3n) is 4.81. The average molecular weight is 399 g/mol. The van der Waals surface area contributed by atoms with Gasteiger partial charge in [-0.3, -0.25) is 9.59 Å². The van der Waals surface area contributed by atoms with Gasteiger partial charge in [0.2, 0.25) is 11.9 Å². The molecular weight excluding hydrogens is 374 g/mol. The van der Waals surface area contributed by atoms with Gasteiger partial charge < -0.3 is 24.6 Å². The van der Waals surface area contributed by atoms with E-state index in [1.54, 1.807) is 32.1 Å². The van der Waals surface area contributed by atoms with Gasteiger partial charge in [-0.2, -0.15) is 0 Å². The van der Waals surface area contributed by atoms with Crippen molar-refractivity contribution >= 4 is 17.8 Å². The topological polar surface area (TPSA) is 96.9 Å². The zero-order valence-corrected chi connectivity index (χ0v) is 16.8. The van der Waals surface area contributed by atoms with Crippen LogP contribution >= 0.6 is 0 Å². The number of hydrogen-bond acceptors (Lipinski definition) is 7. The molecule has 1 fully saturated rings. The highest BCUT2D eigenvalue weighted by molar-refractivity contribution is 5.93. The van der Waals surface area contributed by atoms with Gasteiger partial charge in [-0.05, 0) is 17.7 Å². The van der Waals surface area contributed by atoms with Crippen LogP contribution in [0.2, 0.25) is 0 Å². The molecule has 1 aliphatic heterocycles. The van der Waals surface area contributed by atoms with Crippen molar-refractivity contribution < 1.29 is 19.1 Å². The van der Waals surface area contributed by atoms with E-state index in [-0.39, 0.29) is 11.8 Å². The third kappa shape index (κ3) is 4.92. The van der Waals surface area contributed by atoms with E-state index in [2.05, 4.69) is 15.3 Å². The lowest BCUT2D eigenvalue weighted by Gasteiger charge is -2.34. The monoisotopic (exact) mass is 399 g/mol. The number of rotatable bonds is 6. The predicted molar refractivity (Wildman–Crippen MR) is 107 cm³/mol. The first-order valence-corrected chi connectivity index (χ1v) is 9.33. The fraction of sp³-hybridized carbons (Fsp3) is 0.400. The minimum absolute atomic E-state index is 0.0760. The Morgan fingerprint density at radius 3 is 2.28 bits per heavy atom. The first-order valence-electron chi connectivity index (χ1n) is 9.33. The molecule has 9 nitrogen and oxygen atoms in total. The Labute approximate surface area is 169 Å². The van der Waals surface area contributed by atoms with Crippen LogP contribution in [0.3, 0.4) is 0 Å². The second-order valence-electron chi connectivity index (χ2n) is 6.64. The fourth-order valence-electron chi connectivity index (χ4n) is 3.10. The van der Waals surface area contributed by atoms with Crippen LogP contribution < -0.4 is 19.7 Å². The van der Waals surface area contributed by atoms with Gasteiger partial charge in [-0.1, -0.05) is 6.07 Å². The number of anilines is 1. The molecule has 0 atom stereocenters. The summed E-state index contributed by atoms with van der Waals surface area (Å²) in [7, 11) is 3.14. The molecule has 1 saturated heterocycles. The number of carbonyl (C=O) groups excluding carboxylic acids is 2. The third-order valence-corrected chi connectivity index (χ3v) is 4.81. The van der Waals surface area contributed by atoms with Crippen molar-refractivity contribution in [2.45, 2.75) is 13.5 Å². The lowest BCUT2D eigenvalue weighted by Crippen LogP contribution is -2.48. The molecule has 0 aliphatic carbocycles. The zero-order valence-electron chi connectivity index (χ0n) is 16.8. The van der Waals surface area contributed by atoms with Gasteiger partial charge in [0.1, 0.15) is 0 Å². The van der Waals surface area contributed by atoms with Crippen LogP contribution in [-0.2, 0) is 11.3 Å². The number of ether oxygens (including phenoxy) is 2. The molecule has 2 amide bonds. The second kappa shape index (κ2) is 9.22. The van der Waals surface area contributed by atoms with Crippen LogP contribution in [0.1, 0.15) is 22.8 Å². The maximum absolute atomic E-state index is 12.4. The molecule has 2 heterocycles. The molecule has 29 heavy (non-hydrogen) atoms. The number of nitrogens with zero attached hydrogens (tertiary/aromatic N) is 4. The van der Waals surface area contributed by atoms with Crippen molar-refractivity contribution in [3.63, 3.8) is 0 Å². The van der Waals surface area contributed by atoms with E-state index in [0.29, 0.717) is 55.7 Å². The van der Waals surface area contributed by atoms with Gasteiger partial charge >= 0.3 is 0 Å². The summed E-state index contributed by atoms with van der Waals surface area (Å²) >= 11 is 0. The SMILES string of the molecule is COc1ccc(CNC(=O)c2cnc(N3CCN(C(C)=O)CC3)nc2)cc1OC. The summed E-state index contributed by atoms with van der Waals surface area (Å²) < 4.78 is 10.5. The average Bonchev–Trinajstić information content (AvgIpc) is 2.77. The zero-order chi connectivity index (χ0) is 20.8. The van der Waals surface area contributed by atoms with E-state index in [4.69, 9.17) is 9.47 Å². The molecule has 1 N–H and O–H groups in total. The number of amides is 2. The largest absolute Gasteiger partial charge is 0.493 e. The summed E-state index contributed by atoms with van der Waals surface area (Å²) in [4.78, 5) is 36.2. The standard InChI is InChI=1S/C20H25N5O4/c1-14(26)24-6-8-25(9-7-24)20-22-12-16(13-23-20)19(27)21-11-15-4-5-17(28-2)18(10-15)29-3/h4-5,10,12-13H,6-9,11H2,1-3H3,(H,21,27). The number of benzene rings is 1. The Morgan fingerprint density at radius 2 is 1.69 bits per heavy atom. The van der Waals surface area contributed by atoms with Crippen molar-refractivity contribution in [2.24, 2.45) is 0 Å². The molecule has 1 aromatic heterocycles. The fourth-order valence-corrected chi connectivity index (χ4v) is 3.10. The van der Waals surface area contributed by atoms with Gasteiger partial charge in [-0.25, -0.2) is 9.97 Å². The van der Waals surface area contributed by atoms with Crippen molar-refractivity contribution in [3.8, 4) is 11.5 Å². The predicted octanol–water partition coefficient (Wildman–Crippen LogP) is 1.09. The summed E-state index contributed by atoms with van der Waals surface area (Å²) in [6, 6.07) is 5.48. The molecular formula is C20H25N5O4. The summed E-state index contributed by atoms with van der Waals surface area (Å²) in [5, 5.41) is 2.85. The maximum Gasteiger partial charge on any atom is 0.254 e. The van der Waals surface area contributed by atoms with Crippen LogP contribution in [0.25, 0.3) is 0 Å². The Balaban J connectivity index is 1.56. The molecule has 9 heteroatoms. The van der Waals surface area contributed by atoms with E-state index in [1.165, 1.54) is 12.4 Å². The van der Waals surface area contributed by atoms with Crippen LogP contribution in [0.4, 0.5) is 5.95 Å². The highest BCUT2D eigenvalue weighted by Crippen LogP contribution is 2.27. The molecule has 2 aromatic rings. The smallest absolute Gasteiger partial charge is 0.254 e. The van der Waals surface area contributed by atoms with Crippen LogP contribution in [0.15, 0.2) is 30.6 Å². The van der Waals surface area contributed by atoms with E-state index in [1.807, 2.05) is 17.0 Å². The van der Waals surface area contributed by atoms with Crippen molar-refractivity contribution in [1.29, 1.82) is 0 Å². The molecule has 0 saturated carbocycles. The maximum atomic E-state index is 12.4. The van der Waals surface area contributed by atoms with Crippen molar-refractivity contribution in [3.05, 3.63) is 41.7 Å². The second-order valence-corrected chi connectivity index (χ2v) is 6.64. The molecule has 0 bridgehead atoms. The van der Waals surface area contributed by atoms with E-state index in [9.17, 15) is 9.59 Å². The Hall–Kier alpha value is -3.36. The number of aromatic nitrogens is 2. The molecule has 154 valence electrons. The van der Waals surface area contributed by atoms with Gasteiger partial charge in [0.15, 0.2) is 11.5 Å². The van der Waals surface area contributed by atoms with E-state index >= 15 is 0 Å². The van der Waals surface area contributed by atoms with Crippen LogP contribution in [-0.4, -0.2) is 67.1 Å². The molecule has 1 aliphatic rings. The van der Waals surface area contributed by atoms with Gasteiger partial charge in [-0.15, -0.1) is 0 Å². The summed E-state index contributed by atoms with van der Waals surface area (Å²) in [5.74, 6) is 1.62. The number of carbonyl (C=O) groups is 2. The quantitative estimate of drug-likeness (QED) is 0.777. The molecule has 0 spiro atoms. The summed E-state index contributed by atoms with van der Waals surface area (Å²) in [6.07, 6.45) is 3.03. The van der Waals surface area contributed by atoms with Crippen LogP contribution in [0, 0.1) is 0 Å².